The standard InChI is InChI=1S/C14H15IO7/c1-7(16)20-13-11(15)5-10(6-12(13)19-4)14(21-8(2)17)22-9(3)18/h5-6,14H,1-4H3. The second-order valence-corrected chi connectivity index (χ2v) is 5.34. The van der Waals surface area contributed by atoms with Gasteiger partial charge in [-0.25, -0.2) is 0 Å². The van der Waals surface area contributed by atoms with Gasteiger partial charge in [-0.05, 0) is 34.7 Å². The minimum absolute atomic E-state index is 0.240. The highest BCUT2D eigenvalue weighted by Crippen LogP contribution is 2.36. The molecule has 0 aliphatic heterocycles. The SMILES string of the molecule is COc1cc(C(OC(C)=O)OC(C)=O)cc(I)c1OC(C)=O. The summed E-state index contributed by atoms with van der Waals surface area (Å²) in [5, 5.41) is 0. The number of benzene rings is 1. The van der Waals surface area contributed by atoms with Crippen molar-refractivity contribution in [3.05, 3.63) is 21.3 Å². The Morgan fingerprint density at radius 2 is 1.55 bits per heavy atom. The van der Waals surface area contributed by atoms with E-state index in [-0.39, 0.29) is 11.5 Å². The van der Waals surface area contributed by atoms with Gasteiger partial charge in [-0.15, -0.1) is 0 Å². The molecule has 0 amide bonds. The Morgan fingerprint density at radius 3 is 1.95 bits per heavy atom. The molecule has 0 fully saturated rings. The summed E-state index contributed by atoms with van der Waals surface area (Å²) in [6.07, 6.45) is -1.20. The number of carbonyl (C=O) groups is 3. The first-order valence-electron chi connectivity index (χ1n) is 6.15. The highest BCUT2D eigenvalue weighted by Gasteiger charge is 2.22. The van der Waals surface area contributed by atoms with Crippen LogP contribution in [0.3, 0.4) is 0 Å². The first kappa shape index (κ1) is 18.2. The zero-order valence-electron chi connectivity index (χ0n) is 12.5. The molecular formula is C14H15IO7. The summed E-state index contributed by atoms with van der Waals surface area (Å²) in [4.78, 5) is 33.4. The van der Waals surface area contributed by atoms with Crippen LogP contribution in [0.4, 0.5) is 0 Å². The van der Waals surface area contributed by atoms with Crippen molar-refractivity contribution in [2.24, 2.45) is 0 Å². The fourth-order valence-corrected chi connectivity index (χ4v) is 2.32. The molecule has 0 aliphatic carbocycles. The zero-order valence-corrected chi connectivity index (χ0v) is 14.6. The number of ether oxygens (including phenoxy) is 4. The van der Waals surface area contributed by atoms with Crippen LogP contribution in [0.2, 0.25) is 0 Å². The van der Waals surface area contributed by atoms with Crippen molar-refractivity contribution in [1.29, 1.82) is 0 Å². The Hall–Kier alpha value is -1.84. The van der Waals surface area contributed by atoms with Gasteiger partial charge in [0.25, 0.3) is 6.29 Å². The van der Waals surface area contributed by atoms with E-state index in [1.54, 1.807) is 6.07 Å². The lowest BCUT2D eigenvalue weighted by molar-refractivity contribution is -0.186. The minimum Gasteiger partial charge on any atom is -0.493 e. The normalized spacial score (nSPS) is 10.1. The number of halogens is 1. The smallest absolute Gasteiger partial charge is 0.308 e. The van der Waals surface area contributed by atoms with Crippen LogP contribution >= 0.6 is 22.6 Å². The van der Waals surface area contributed by atoms with Gasteiger partial charge in [0.15, 0.2) is 11.5 Å². The lowest BCUT2D eigenvalue weighted by atomic mass is 10.2. The lowest BCUT2D eigenvalue weighted by Crippen LogP contribution is -2.15. The first-order valence-corrected chi connectivity index (χ1v) is 7.22. The molecule has 0 saturated heterocycles. The predicted octanol–water partition coefficient (Wildman–Crippen LogP) is 2.35. The van der Waals surface area contributed by atoms with Crippen molar-refractivity contribution >= 4 is 40.5 Å². The van der Waals surface area contributed by atoms with Crippen LogP contribution < -0.4 is 9.47 Å². The summed E-state index contributed by atoms with van der Waals surface area (Å²) >= 11 is 1.93. The molecule has 0 atom stereocenters. The van der Waals surface area contributed by atoms with Crippen LogP contribution in [0.5, 0.6) is 11.5 Å². The van der Waals surface area contributed by atoms with E-state index in [1.165, 1.54) is 33.9 Å². The van der Waals surface area contributed by atoms with Gasteiger partial charge in [0, 0.05) is 26.3 Å². The van der Waals surface area contributed by atoms with Gasteiger partial charge < -0.3 is 18.9 Å². The van der Waals surface area contributed by atoms with Crippen LogP contribution in [-0.4, -0.2) is 25.0 Å². The summed E-state index contributed by atoms with van der Waals surface area (Å²) < 4.78 is 20.7. The Kier molecular flexibility index (Phi) is 6.60. The van der Waals surface area contributed by atoms with E-state index >= 15 is 0 Å². The van der Waals surface area contributed by atoms with Crippen molar-refractivity contribution in [3.63, 3.8) is 0 Å². The second kappa shape index (κ2) is 7.97. The third-order valence-corrected chi connectivity index (χ3v) is 3.12. The molecule has 0 spiro atoms. The zero-order chi connectivity index (χ0) is 16.9. The first-order chi connectivity index (χ1) is 10.2. The number of carbonyl (C=O) groups excluding carboxylic acids is 3. The molecule has 120 valence electrons. The molecule has 0 N–H and O–H groups in total. The quantitative estimate of drug-likeness (QED) is 0.312. The Morgan fingerprint density at radius 1 is 1.00 bits per heavy atom. The number of hydrogen-bond acceptors (Lipinski definition) is 7. The molecule has 0 bridgehead atoms. The van der Waals surface area contributed by atoms with Crippen LogP contribution in [-0.2, 0) is 23.9 Å². The van der Waals surface area contributed by atoms with Gasteiger partial charge in [-0.3, -0.25) is 14.4 Å². The maximum absolute atomic E-state index is 11.1. The maximum atomic E-state index is 11.1. The number of methoxy groups -OCH3 is 1. The van der Waals surface area contributed by atoms with Crippen LogP contribution in [0, 0.1) is 3.57 Å². The molecule has 0 aromatic heterocycles. The molecule has 0 heterocycles. The fraction of sp³-hybridized carbons (Fsp3) is 0.357. The van der Waals surface area contributed by atoms with E-state index in [0.717, 1.165) is 0 Å². The summed E-state index contributed by atoms with van der Waals surface area (Å²) in [5.74, 6) is -1.22. The molecule has 0 radical (unpaired) electrons. The van der Waals surface area contributed by atoms with Crippen LogP contribution in [0.1, 0.15) is 32.6 Å². The second-order valence-electron chi connectivity index (χ2n) is 4.18. The van der Waals surface area contributed by atoms with Gasteiger partial charge in [-0.2, -0.15) is 0 Å². The van der Waals surface area contributed by atoms with Gasteiger partial charge >= 0.3 is 17.9 Å². The summed E-state index contributed by atoms with van der Waals surface area (Å²) in [6, 6.07) is 3.04. The topological polar surface area (TPSA) is 88.1 Å². The van der Waals surface area contributed by atoms with E-state index in [0.29, 0.717) is 9.13 Å². The molecule has 0 aliphatic rings. The Balaban J connectivity index is 3.26. The fourth-order valence-electron chi connectivity index (χ4n) is 1.58. The molecule has 1 rings (SSSR count). The molecule has 1 aromatic rings. The largest absolute Gasteiger partial charge is 0.493 e. The maximum Gasteiger partial charge on any atom is 0.308 e. The van der Waals surface area contributed by atoms with E-state index in [1.807, 2.05) is 22.6 Å². The summed E-state index contributed by atoms with van der Waals surface area (Å²) in [6.45, 7) is 3.67. The monoisotopic (exact) mass is 422 g/mol. The van der Waals surface area contributed by atoms with Gasteiger partial charge in [-0.1, -0.05) is 0 Å². The predicted molar refractivity (Wildman–Crippen MR) is 83.3 cm³/mol. The van der Waals surface area contributed by atoms with E-state index in [2.05, 4.69) is 0 Å². The van der Waals surface area contributed by atoms with E-state index in [9.17, 15) is 14.4 Å². The molecule has 7 nitrogen and oxygen atoms in total. The number of rotatable bonds is 5. The molecule has 0 unspecified atom stereocenters. The Labute approximate surface area is 141 Å². The average molecular weight is 422 g/mol. The van der Waals surface area contributed by atoms with Crippen LogP contribution in [0.15, 0.2) is 12.1 Å². The third kappa shape index (κ3) is 5.17. The van der Waals surface area contributed by atoms with Crippen molar-refractivity contribution in [2.75, 3.05) is 7.11 Å². The number of esters is 3. The van der Waals surface area contributed by atoms with Gasteiger partial charge in [0.1, 0.15) is 0 Å². The molecule has 0 saturated carbocycles. The number of hydrogen-bond donors (Lipinski definition) is 0. The van der Waals surface area contributed by atoms with Crippen molar-refractivity contribution in [2.45, 2.75) is 27.1 Å². The third-order valence-electron chi connectivity index (χ3n) is 2.32. The van der Waals surface area contributed by atoms with E-state index in [4.69, 9.17) is 18.9 Å². The summed E-state index contributed by atoms with van der Waals surface area (Å²) in [5.41, 5.74) is 0.377. The van der Waals surface area contributed by atoms with E-state index < -0.39 is 24.2 Å². The van der Waals surface area contributed by atoms with Crippen molar-refractivity contribution in [1.82, 2.24) is 0 Å². The summed E-state index contributed by atoms with van der Waals surface area (Å²) in [7, 11) is 1.40. The molecular weight excluding hydrogens is 407 g/mol. The molecule has 8 heteroatoms. The molecule has 22 heavy (non-hydrogen) atoms. The van der Waals surface area contributed by atoms with Crippen molar-refractivity contribution in [3.8, 4) is 11.5 Å². The minimum atomic E-state index is -1.20. The van der Waals surface area contributed by atoms with Crippen molar-refractivity contribution < 1.29 is 33.3 Å². The van der Waals surface area contributed by atoms with Crippen LogP contribution in [0.25, 0.3) is 0 Å². The lowest BCUT2D eigenvalue weighted by Gasteiger charge is -2.19. The van der Waals surface area contributed by atoms with Gasteiger partial charge in [0.2, 0.25) is 0 Å². The highest BCUT2D eigenvalue weighted by molar-refractivity contribution is 14.1. The Bertz CT molecular complexity index is 581. The van der Waals surface area contributed by atoms with Gasteiger partial charge in [0.05, 0.1) is 10.7 Å². The average Bonchev–Trinajstić information content (AvgIpc) is 2.38. The molecule has 1 aromatic carbocycles. The highest BCUT2D eigenvalue weighted by atomic mass is 127.